The van der Waals surface area contributed by atoms with Crippen molar-refractivity contribution in [2.24, 2.45) is 11.0 Å². The van der Waals surface area contributed by atoms with Crippen LogP contribution in [-0.2, 0) is 24.2 Å². The number of amides is 1. The van der Waals surface area contributed by atoms with Gasteiger partial charge in [-0.05, 0) is 47.6 Å². The number of phenols is 1. The van der Waals surface area contributed by atoms with Gasteiger partial charge in [0.15, 0.2) is 0 Å². The quantitative estimate of drug-likeness (QED) is 0.370. The SMILES string of the molecule is CC1CCc2c(sc3ncn(CC(=O)NN=Cc4c(O)ccc5ccccc45)c(=O)c23)C1. The molecule has 7 nitrogen and oxygen atoms in total. The molecule has 0 radical (unpaired) electrons. The van der Waals surface area contributed by atoms with Crippen molar-refractivity contribution in [1.82, 2.24) is 15.0 Å². The molecule has 0 aliphatic heterocycles. The van der Waals surface area contributed by atoms with Crippen LogP contribution < -0.4 is 11.0 Å². The minimum absolute atomic E-state index is 0.0733. The first-order chi connectivity index (χ1) is 15.5. The lowest BCUT2D eigenvalue weighted by molar-refractivity contribution is -0.121. The molecule has 1 atom stereocenters. The van der Waals surface area contributed by atoms with E-state index in [0.29, 0.717) is 16.9 Å². The van der Waals surface area contributed by atoms with Crippen LogP contribution in [0.2, 0.25) is 0 Å². The van der Waals surface area contributed by atoms with E-state index < -0.39 is 5.91 Å². The zero-order valence-corrected chi connectivity index (χ0v) is 18.4. The molecule has 0 fully saturated rings. The van der Waals surface area contributed by atoms with E-state index in [1.165, 1.54) is 22.0 Å². The van der Waals surface area contributed by atoms with Gasteiger partial charge in [0.2, 0.25) is 0 Å². The number of rotatable bonds is 4. The molecule has 32 heavy (non-hydrogen) atoms. The van der Waals surface area contributed by atoms with Crippen molar-refractivity contribution in [3.8, 4) is 5.75 Å². The number of nitrogens with one attached hydrogen (secondary N) is 1. The molecule has 1 aliphatic carbocycles. The zero-order valence-electron chi connectivity index (χ0n) is 17.5. The molecular formula is C24H22N4O3S. The summed E-state index contributed by atoms with van der Waals surface area (Å²) in [6.45, 7) is 2.05. The highest BCUT2D eigenvalue weighted by Crippen LogP contribution is 2.35. The van der Waals surface area contributed by atoms with Gasteiger partial charge in [-0.15, -0.1) is 11.3 Å². The van der Waals surface area contributed by atoms with Crippen LogP contribution in [0.5, 0.6) is 5.75 Å². The number of thiophene rings is 1. The number of benzene rings is 2. The van der Waals surface area contributed by atoms with Crippen LogP contribution in [0.25, 0.3) is 21.0 Å². The monoisotopic (exact) mass is 446 g/mol. The van der Waals surface area contributed by atoms with Crippen molar-refractivity contribution in [3.05, 3.63) is 69.1 Å². The number of carbonyl (C=O) groups excluding carboxylic acids is 1. The Balaban J connectivity index is 1.36. The maximum Gasteiger partial charge on any atom is 0.262 e. The van der Waals surface area contributed by atoms with Gasteiger partial charge in [-0.1, -0.05) is 37.3 Å². The molecule has 5 rings (SSSR count). The topological polar surface area (TPSA) is 96.6 Å². The van der Waals surface area contributed by atoms with Crippen LogP contribution in [0.1, 0.15) is 29.3 Å². The molecule has 2 aromatic heterocycles. The first-order valence-electron chi connectivity index (χ1n) is 10.5. The maximum absolute atomic E-state index is 13.0. The molecule has 0 bridgehead atoms. The van der Waals surface area contributed by atoms with Crippen LogP contribution in [0.3, 0.4) is 0 Å². The van der Waals surface area contributed by atoms with E-state index in [9.17, 15) is 14.7 Å². The zero-order chi connectivity index (χ0) is 22.2. The molecule has 4 aromatic rings. The lowest BCUT2D eigenvalue weighted by Crippen LogP contribution is -2.30. The largest absolute Gasteiger partial charge is 0.507 e. The van der Waals surface area contributed by atoms with Crippen molar-refractivity contribution in [1.29, 1.82) is 0 Å². The molecule has 0 saturated heterocycles. The summed E-state index contributed by atoms with van der Waals surface area (Å²) in [6, 6.07) is 11.0. The Labute approximate surface area is 188 Å². The summed E-state index contributed by atoms with van der Waals surface area (Å²) in [7, 11) is 0. The Bertz CT molecular complexity index is 1440. The van der Waals surface area contributed by atoms with E-state index in [1.54, 1.807) is 17.4 Å². The van der Waals surface area contributed by atoms with Crippen LogP contribution in [0.4, 0.5) is 0 Å². The van der Waals surface area contributed by atoms with Crippen molar-refractivity contribution in [2.75, 3.05) is 0 Å². The predicted octanol–water partition coefficient (Wildman–Crippen LogP) is 3.59. The third kappa shape index (κ3) is 3.67. The van der Waals surface area contributed by atoms with E-state index in [1.807, 2.05) is 30.3 Å². The summed E-state index contributed by atoms with van der Waals surface area (Å²) in [5.74, 6) is 0.244. The fraction of sp³-hybridized carbons (Fsp3) is 0.250. The van der Waals surface area contributed by atoms with Gasteiger partial charge in [0.1, 0.15) is 17.1 Å². The second kappa shape index (κ2) is 8.20. The highest BCUT2D eigenvalue weighted by Gasteiger charge is 2.23. The predicted molar refractivity (Wildman–Crippen MR) is 126 cm³/mol. The summed E-state index contributed by atoms with van der Waals surface area (Å²) >= 11 is 1.59. The average molecular weight is 447 g/mol. The summed E-state index contributed by atoms with van der Waals surface area (Å²) < 4.78 is 1.33. The first-order valence-corrected chi connectivity index (χ1v) is 11.3. The molecular weight excluding hydrogens is 424 g/mol. The fourth-order valence-corrected chi connectivity index (χ4v) is 5.60. The Morgan fingerprint density at radius 1 is 1.34 bits per heavy atom. The average Bonchev–Trinajstić information content (AvgIpc) is 3.15. The second-order valence-electron chi connectivity index (χ2n) is 8.22. The highest BCUT2D eigenvalue weighted by atomic mass is 32.1. The summed E-state index contributed by atoms with van der Waals surface area (Å²) in [5.41, 5.74) is 3.87. The Kier molecular flexibility index (Phi) is 5.22. The van der Waals surface area contributed by atoms with Gasteiger partial charge < -0.3 is 5.11 Å². The lowest BCUT2D eigenvalue weighted by Gasteiger charge is -2.17. The van der Waals surface area contributed by atoms with E-state index in [2.05, 4.69) is 22.4 Å². The molecule has 1 amide bonds. The van der Waals surface area contributed by atoms with Crippen molar-refractivity contribution >= 4 is 44.4 Å². The van der Waals surface area contributed by atoms with Gasteiger partial charge in [-0.25, -0.2) is 10.4 Å². The standard InChI is InChI=1S/C24H22N4O3S/c1-14-6-8-17-20(10-14)32-23-22(17)24(31)28(13-25-23)12-21(30)27-26-11-18-16-5-3-2-4-15(16)7-9-19(18)29/h2-5,7,9,11,13-14,29H,6,8,10,12H2,1H3,(H,27,30). The summed E-state index contributed by atoms with van der Waals surface area (Å²) in [4.78, 5) is 31.9. The minimum atomic E-state index is -0.443. The van der Waals surface area contributed by atoms with Gasteiger partial charge in [-0.2, -0.15) is 5.10 Å². The minimum Gasteiger partial charge on any atom is -0.507 e. The van der Waals surface area contributed by atoms with Crippen LogP contribution in [0, 0.1) is 5.92 Å². The molecule has 0 spiro atoms. The number of hydrazone groups is 1. The third-order valence-corrected chi connectivity index (χ3v) is 7.09. The number of aromatic hydroxyl groups is 1. The Morgan fingerprint density at radius 3 is 3.06 bits per heavy atom. The second-order valence-corrected chi connectivity index (χ2v) is 9.31. The van der Waals surface area contributed by atoms with Gasteiger partial charge in [0.05, 0.1) is 17.9 Å². The maximum atomic E-state index is 13.0. The number of aryl methyl sites for hydroxylation is 1. The Hall–Kier alpha value is -3.52. The molecule has 1 unspecified atom stereocenters. The van der Waals surface area contributed by atoms with E-state index in [-0.39, 0.29) is 17.9 Å². The Morgan fingerprint density at radius 2 is 2.19 bits per heavy atom. The van der Waals surface area contributed by atoms with Gasteiger partial charge in [0, 0.05) is 10.4 Å². The number of fused-ring (bicyclic) bond motifs is 4. The molecule has 1 aliphatic rings. The number of carbonyl (C=O) groups is 1. The van der Waals surface area contributed by atoms with Crippen LogP contribution in [-0.4, -0.2) is 26.8 Å². The summed E-state index contributed by atoms with van der Waals surface area (Å²) in [5, 5.41) is 16.6. The number of phenolic OH excluding ortho intramolecular Hbond substituents is 1. The fourth-order valence-electron chi connectivity index (χ4n) is 4.26. The molecule has 2 aromatic carbocycles. The van der Waals surface area contributed by atoms with Crippen LogP contribution in [0.15, 0.2) is 52.6 Å². The normalized spacial score (nSPS) is 16.0. The molecule has 2 N–H and O–H groups in total. The smallest absolute Gasteiger partial charge is 0.262 e. The lowest BCUT2D eigenvalue weighted by atomic mass is 9.89. The van der Waals surface area contributed by atoms with Crippen molar-refractivity contribution in [2.45, 2.75) is 32.7 Å². The van der Waals surface area contributed by atoms with E-state index in [0.717, 1.165) is 40.4 Å². The molecule has 162 valence electrons. The molecule has 0 saturated carbocycles. The van der Waals surface area contributed by atoms with E-state index >= 15 is 0 Å². The van der Waals surface area contributed by atoms with E-state index in [4.69, 9.17) is 0 Å². The molecule has 8 heteroatoms. The van der Waals surface area contributed by atoms with Crippen molar-refractivity contribution in [3.63, 3.8) is 0 Å². The van der Waals surface area contributed by atoms with Gasteiger partial charge in [0.25, 0.3) is 11.5 Å². The summed E-state index contributed by atoms with van der Waals surface area (Å²) in [6.07, 6.45) is 5.75. The number of hydrogen-bond acceptors (Lipinski definition) is 6. The highest BCUT2D eigenvalue weighted by molar-refractivity contribution is 7.18. The molecule has 2 heterocycles. The van der Waals surface area contributed by atoms with Gasteiger partial charge in [-0.3, -0.25) is 14.2 Å². The first kappa shape index (κ1) is 20.4. The number of nitrogens with zero attached hydrogens (tertiary/aromatic N) is 3. The number of hydrogen-bond donors (Lipinski definition) is 2. The van der Waals surface area contributed by atoms with Crippen LogP contribution >= 0.6 is 11.3 Å². The number of aromatic nitrogens is 2. The third-order valence-electron chi connectivity index (χ3n) is 5.93. The van der Waals surface area contributed by atoms with Gasteiger partial charge >= 0.3 is 0 Å². The van der Waals surface area contributed by atoms with Crippen molar-refractivity contribution < 1.29 is 9.90 Å².